The monoisotopic (exact) mass is 227 g/mol. The first-order valence-corrected chi connectivity index (χ1v) is 6.78. The van der Waals surface area contributed by atoms with E-state index in [1.807, 2.05) is 0 Å². The predicted octanol–water partition coefficient (Wildman–Crippen LogP) is 1.99. The smallest absolute Gasteiger partial charge is 0.0250 e. The molecular weight excluding hydrogens is 198 g/mol. The maximum absolute atomic E-state index is 5.69. The molecule has 0 aliphatic heterocycles. The van der Waals surface area contributed by atoms with Gasteiger partial charge in [-0.05, 0) is 51.7 Å². The Kier molecular flexibility index (Phi) is 6.32. The number of hydrogen-bond acceptors (Lipinski definition) is 3. The lowest BCUT2D eigenvalue weighted by Crippen LogP contribution is -2.43. The molecule has 1 saturated carbocycles. The Labute approximate surface area is 101 Å². The molecule has 0 aromatic carbocycles. The maximum Gasteiger partial charge on any atom is 0.0250 e. The van der Waals surface area contributed by atoms with Gasteiger partial charge >= 0.3 is 0 Å². The average Bonchev–Trinajstić information content (AvgIpc) is 2.30. The Balaban J connectivity index is 2.31. The zero-order valence-electron chi connectivity index (χ0n) is 11.2. The summed E-state index contributed by atoms with van der Waals surface area (Å²) in [6.07, 6.45) is 8.06. The minimum absolute atomic E-state index is 0.514. The van der Waals surface area contributed by atoms with Crippen molar-refractivity contribution in [1.82, 2.24) is 10.3 Å². The minimum atomic E-state index is 0.514. The van der Waals surface area contributed by atoms with Gasteiger partial charge in [0.2, 0.25) is 0 Å². The van der Waals surface area contributed by atoms with Crippen LogP contribution in [0.4, 0.5) is 0 Å². The van der Waals surface area contributed by atoms with Crippen molar-refractivity contribution < 1.29 is 0 Å². The molecule has 3 nitrogen and oxygen atoms in total. The Morgan fingerprint density at radius 2 is 1.88 bits per heavy atom. The SMILES string of the molecule is CCC1CCC(C(CCN(C)C)NN)CC1. The van der Waals surface area contributed by atoms with E-state index in [4.69, 9.17) is 5.84 Å². The molecule has 0 spiro atoms. The predicted molar refractivity (Wildman–Crippen MR) is 70.0 cm³/mol. The first-order valence-electron chi connectivity index (χ1n) is 6.78. The van der Waals surface area contributed by atoms with Crippen LogP contribution in [-0.4, -0.2) is 31.6 Å². The van der Waals surface area contributed by atoms with Crippen molar-refractivity contribution >= 4 is 0 Å². The Morgan fingerprint density at radius 1 is 1.25 bits per heavy atom. The highest BCUT2D eigenvalue weighted by atomic mass is 15.2. The van der Waals surface area contributed by atoms with Crippen LogP contribution in [0.3, 0.4) is 0 Å². The number of rotatable bonds is 6. The maximum atomic E-state index is 5.69. The van der Waals surface area contributed by atoms with Crippen LogP contribution in [0.1, 0.15) is 45.4 Å². The van der Waals surface area contributed by atoms with Crippen LogP contribution in [0.15, 0.2) is 0 Å². The Morgan fingerprint density at radius 3 is 2.31 bits per heavy atom. The Bertz CT molecular complexity index is 174. The molecule has 3 N–H and O–H groups in total. The number of hydrogen-bond donors (Lipinski definition) is 2. The number of nitrogens with zero attached hydrogens (tertiary/aromatic N) is 1. The van der Waals surface area contributed by atoms with Crippen LogP contribution in [-0.2, 0) is 0 Å². The van der Waals surface area contributed by atoms with Gasteiger partial charge in [0.25, 0.3) is 0 Å². The lowest BCUT2D eigenvalue weighted by molar-refractivity contribution is 0.202. The lowest BCUT2D eigenvalue weighted by atomic mass is 9.77. The first-order chi connectivity index (χ1) is 7.67. The highest BCUT2D eigenvalue weighted by molar-refractivity contribution is 4.81. The molecule has 1 rings (SSSR count). The minimum Gasteiger partial charge on any atom is -0.309 e. The fourth-order valence-corrected chi connectivity index (χ4v) is 2.85. The van der Waals surface area contributed by atoms with E-state index in [9.17, 15) is 0 Å². The lowest BCUT2D eigenvalue weighted by Gasteiger charge is -2.33. The summed E-state index contributed by atoms with van der Waals surface area (Å²) in [5.74, 6) is 7.46. The van der Waals surface area contributed by atoms with Gasteiger partial charge in [-0.3, -0.25) is 11.3 Å². The molecule has 1 aliphatic rings. The average molecular weight is 227 g/mol. The molecule has 0 aromatic heterocycles. The van der Waals surface area contributed by atoms with E-state index in [2.05, 4.69) is 31.3 Å². The molecule has 0 bridgehead atoms. The third-order valence-corrected chi connectivity index (χ3v) is 4.14. The van der Waals surface area contributed by atoms with Crippen molar-refractivity contribution in [2.75, 3.05) is 20.6 Å². The van der Waals surface area contributed by atoms with E-state index in [0.717, 1.165) is 18.4 Å². The van der Waals surface area contributed by atoms with Crippen LogP contribution in [0.2, 0.25) is 0 Å². The molecule has 0 aromatic rings. The van der Waals surface area contributed by atoms with Crippen LogP contribution in [0, 0.1) is 11.8 Å². The topological polar surface area (TPSA) is 41.3 Å². The van der Waals surface area contributed by atoms with Crippen molar-refractivity contribution in [1.29, 1.82) is 0 Å². The van der Waals surface area contributed by atoms with Gasteiger partial charge in [0.05, 0.1) is 0 Å². The van der Waals surface area contributed by atoms with Gasteiger partial charge in [-0.2, -0.15) is 0 Å². The van der Waals surface area contributed by atoms with E-state index in [-0.39, 0.29) is 0 Å². The molecular formula is C13H29N3. The summed E-state index contributed by atoms with van der Waals surface area (Å²) in [6.45, 7) is 3.44. The van der Waals surface area contributed by atoms with Crippen LogP contribution in [0.25, 0.3) is 0 Å². The fraction of sp³-hybridized carbons (Fsp3) is 1.00. The van der Waals surface area contributed by atoms with Gasteiger partial charge in [-0.15, -0.1) is 0 Å². The van der Waals surface area contributed by atoms with E-state index in [0.29, 0.717) is 6.04 Å². The molecule has 0 radical (unpaired) electrons. The molecule has 16 heavy (non-hydrogen) atoms. The molecule has 0 heterocycles. The van der Waals surface area contributed by atoms with Gasteiger partial charge < -0.3 is 4.90 Å². The number of nitrogens with two attached hydrogens (primary N) is 1. The quantitative estimate of drug-likeness (QED) is 0.538. The molecule has 1 aliphatic carbocycles. The molecule has 1 atom stereocenters. The van der Waals surface area contributed by atoms with Gasteiger partial charge in [0, 0.05) is 6.04 Å². The van der Waals surface area contributed by atoms with Crippen LogP contribution in [0.5, 0.6) is 0 Å². The summed E-state index contributed by atoms with van der Waals surface area (Å²) in [4.78, 5) is 2.24. The fourth-order valence-electron chi connectivity index (χ4n) is 2.85. The van der Waals surface area contributed by atoms with Crippen LogP contribution < -0.4 is 11.3 Å². The summed E-state index contributed by atoms with van der Waals surface area (Å²) in [5.41, 5.74) is 3.03. The van der Waals surface area contributed by atoms with E-state index in [1.165, 1.54) is 38.5 Å². The second-order valence-corrected chi connectivity index (χ2v) is 5.55. The normalized spacial score (nSPS) is 28.3. The zero-order valence-corrected chi connectivity index (χ0v) is 11.2. The standard InChI is InChI=1S/C13H29N3/c1-4-11-5-7-12(8-6-11)13(15-14)9-10-16(2)3/h11-13,15H,4-10,14H2,1-3H3. The van der Waals surface area contributed by atoms with Gasteiger partial charge in [0.15, 0.2) is 0 Å². The third kappa shape index (κ3) is 4.40. The molecule has 96 valence electrons. The van der Waals surface area contributed by atoms with Crippen molar-refractivity contribution in [3.05, 3.63) is 0 Å². The number of nitrogens with one attached hydrogen (secondary N) is 1. The third-order valence-electron chi connectivity index (χ3n) is 4.14. The highest BCUT2D eigenvalue weighted by Crippen LogP contribution is 2.33. The van der Waals surface area contributed by atoms with Crippen molar-refractivity contribution in [2.45, 2.75) is 51.5 Å². The van der Waals surface area contributed by atoms with E-state index in [1.54, 1.807) is 0 Å². The summed E-state index contributed by atoms with van der Waals surface area (Å²) in [6, 6.07) is 0.514. The first kappa shape index (κ1) is 13.9. The second kappa shape index (κ2) is 7.25. The van der Waals surface area contributed by atoms with Crippen molar-refractivity contribution in [3.63, 3.8) is 0 Å². The van der Waals surface area contributed by atoms with Crippen LogP contribution >= 0.6 is 0 Å². The van der Waals surface area contributed by atoms with Crippen molar-refractivity contribution in [2.24, 2.45) is 17.7 Å². The molecule has 1 unspecified atom stereocenters. The van der Waals surface area contributed by atoms with E-state index >= 15 is 0 Å². The van der Waals surface area contributed by atoms with Crippen molar-refractivity contribution in [3.8, 4) is 0 Å². The molecule has 3 heteroatoms. The van der Waals surface area contributed by atoms with E-state index < -0.39 is 0 Å². The summed E-state index contributed by atoms with van der Waals surface area (Å²) < 4.78 is 0. The number of hydrazine groups is 1. The van der Waals surface area contributed by atoms with Gasteiger partial charge in [-0.25, -0.2) is 0 Å². The molecule has 1 fully saturated rings. The van der Waals surface area contributed by atoms with Gasteiger partial charge in [-0.1, -0.05) is 26.2 Å². The molecule has 0 saturated heterocycles. The Hall–Kier alpha value is -0.120. The second-order valence-electron chi connectivity index (χ2n) is 5.55. The summed E-state index contributed by atoms with van der Waals surface area (Å²) in [7, 11) is 4.25. The zero-order chi connectivity index (χ0) is 12.0. The largest absolute Gasteiger partial charge is 0.309 e. The summed E-state index contributed by atoms with van der Waals surface area (Å²) in [5, 5.41) is 0. The highest BCUT2D eigenvalue weighted by Gasteiger charge is 2.26. The molecule has 0 amide bonds. The summed E-state index contributed by atoms with van der Waals surface area (Å²) >= 11 is 0. The van der Waals surface area contributed by atoms with Gasteiger partial charge in [0.1, 0.15) is 0 Å².